The Hall–Kier alpha value is -2.57. The third-order valence-electron chi connectivity index (χ3n) is 4.20. The number of nitrogens with zero attached hydrogens (tertiary/aromatic N) is 2. The van der Waals surface area contributed by atoms with Crippen LogP contribution in [0.5, 0.6) is 0 Å². The van der Waals surface area contributed by atoms with Crippen LogP contribution in [0.25, 0.3) is 0 Å². The van der Waals surface area contributed by atoms with Gasteiger partial charge < -0.3 is 25.2 Å². The van der Waals surface area contributed by atoms with Crippen molar-refractivity contribution in [3.8, 4) is 6.07 Å². The lowest BCUT2D eigenvalue weighted by Gasteiger charge is -2.38. The lowest BCUT2D eigenvalue weighted by molar-refractivity contribution is -0.146. The molecule has 1 aliphatic heterocycles. The van der Waals surface area contributed by atoms with Crippen LogP contribution >= 0.6 is 0 Å². The quantitative estimate of drug-likeness (QED) is 0.550. The maximum absolute atomic E-state index is 12.1. The fraction of sp³-hybridized carbons (Fsp3) is 0.438. The van der Waals surface area contributed by atoms with Crippen molar-refractivity contribution in [1.29, 1.82) is 5.26 Å². The van der Waals surface area contributed by atoms with E-state index in [0.717, 1.165) is 0 Å². The zero-order valence-corrected chi connectivity index (χ0v) is 14.2. The molecule has 0 saturated carbocycles. The van der Waals surface area contributed by atoms with Crippen LogP contribution in [-0.2, 0) is 9.53 Å². The molecule has 1 heterocycles. The van der Waals surface area contributed by atoms with E-state index in [4.69, 9.17) is 10.00 Å². The highest BCUT2D eigenvalue weighted by Gasteiger charge is 2.37. The number of methoxy groups -OCH3 is 1. The van der Waals surface area contributed by atoms with Crippen LogP contribution in [-0.4, -0.2) is 54.6 Å². The third-order valence-corrected chi connectivity index (χ3v) is 4.20. The van der Waals surface area contributed by atoms with E-state index in [1.54, 1.807) is 35.9 Å². The summed E-state index contributed by atoms with van der Waals surface area (Å²) in [4.78, 5) is 25.7. The average Bonchev–Trinajstić information content (AvgIpc) is 2.61. The average molecular weight is 344 g/mol. The first kappa shape index (κ1) is 18.8. The van der Waals surface area contributed by atoms with Crippen LogP contribution in [0.1, 0.15) is 18.4 Å². The molecule has 1 aromatic carbocycles. The minimum Gasteiger partial charge on any atom is -0.468 e. The van der Waals surface area contributed by atoms with Crippen LogP contribution < -0.4 is 10.6 Å². The molecule has 25 heavy (non-hydrogen) atoms. The number of hydrogen-bond donors (Lipinski definition) is 3. The molecule has 1 saturated heterocycles. The Morgan fingerprint density at radius 1 is 1.40 bits per heavy atom. The van der Waals surface area contributed by atoms with Gasteiger partial charge in [-0.25, -0.2) is 4.79 Å². The molecule has 1 fully saturated rings. The van der Waals surface area contributed by atoms with Gasteiger partial charge in [-0.2, -0.15) is 5.26 Å². The number of benzene rings is 1. The molecule has 0 bridgehead atoms. The Bertz CT molecular complexity index is 659. The lowest BCUT2D eigenvalue weighted by atomic mass is 9.79. The number of anilines is 1. The van der Waals surface area contributed by atoms with E-state index in [-0.39, 0.29) is 12.1 Å². The van der Waals surface area contributed by atoms with Crippen LogP contribution in [0.2, 0.25) is 6.82 Å². The normalized spacial score (nSPS) is 20.2. The Labute approximate surface area is 146 Å². The van der Waals surface area contributed by atoms with Crippen LogP contribution in [0.3, 0.4) is 0 Å². The van der Waals surface area contributed by atoms with Crippen LogP contribution in [0, 0.1) is 11.3 Å². The SMILES string of the molecule is COC(=O)[C@H]1C[C@H](NC(=O)Nc2ccc(C#N)cc2)CCN1B(C)O. The smallest absolute Gasteiger partial charge is 0.377 e. The number of piperidine rings is 1. The van der Waals surface area contributed by atoms with Crippen molar-refractivity contribution in [2.45, 2.75) is 31.7 Å². The van der Waals surface area contributed by atoms with Crippen molar-refractivity contribution in [2.75, 3.05) is 19.0 Å². The number of carbonyl (C=O) groups is 2. The van der Waals surface area contributed by atoms with Crippen LogP contribution in [0.15, 0.2) is 24.3 Å². The summed E-state index contributed by atoms with van der Waals surface area (Å²) in [5.74, 6) is -0.431. The number of nitrogens with one attached hydrogen (secondary N) is 2. The molecule has 0 aliphatic carbocycles. The van der Waals surface area contributed by atoms with E-state index in [0.29, 0.717) is 30.6 Å². The first-order chi connectivity index (χ1) is 11.9. The van der Waals surface area contributed by atoms with Crippen molar-refractivity contribution in [3.63, 3.8) is 0 Å². The Kier molecular flexibility index (Phi) is 6.39. The Balaban J connectivity index is 1.94. The number of ether oxygens (including phenoxy) is 1. The maximum atomic E-state index is 12.1. The van der Waals surface area contributed by atoms with Gasteiger partial charge in [0.15, 0.2) is 0 Å². The summed E-state index contributed by atoms with van der Waals surface area (Å²) in [7, 11) is 0.537. The molecule has 132 valence electrons. The first-order valence-corrected chi connectivity index (χ1v) is 8.04. The molecule has 2 atom stereocenters. The van der Waals surface area contributed by atoms with E-state index in [1.807, 2.05) is 6.07 Å². The van der Waals surface area contributed by atoms with Gasteiger partial charge in [-0.3, -0.25) is 4.79 Å². The first-order valence-electron chi connectivity index (χ1n) is 8.04. The fourth-order valence-corrected chi connectivity index (χ4v) is 2.91. The summed E-state index contributed by atoms with van der Waals surface area (Å²) < 4.78 is 4.79. The largest absolute Gasteiger partial charge is 0.468 e. The van der Waals surface area contributed by atoms with Crippen molar-refractivity contribution in [2.24, 2.45) is 0 Å². The van der Waals surface area contributed by atoms with Crippen molar-refractivity contribution in [3.05, 3.63) is 29.8 Å². The fourth-order valence-electron chi connectivity index (χ4n) is 2.91. The molecule has 9 heteroatoms. The number of rotatable bonds is 4. The zero-order chi connectivity index (χ0) is 18.4. The van der Waals surface area contributed by atoms with Crippen molar-refractivity contribution < 1.29 is 19.3 Å². The minimum absolute atomic E-state index is 0.211. The summed E-state index contributed by atoms with van der Waals surface area (Å²) in [6.07, 6.45) is 0.970. The second kappa shape index (κ2) is 8.51. The molecule has 0 aromatic heterocycles. The monoisotopic (exact) mass is 344 g/mol. The molecular formula is C16H21BN4O4. The van der Waals surface area contributed by atoms with Gasteiger partial charge in [-0.1, -0.05) is 0 Å². The third kappa shape index (κ3) is 4.95. The van der Waals surface area contributed by atoms with Gasteiger partial charge in [0, 0.05) is 11.7 Å². The second-order valence-electron chi connectivity index (χ2n) is 5.92. The standard InChI is InChI=1S/C16H21BN4O4/c1-17(24)21-8-7-13(9-14(21)15(22)25-2)20-16(23)19-12-5-3-11(10-18)4-6-12/h3-6,13-14,24H,7-9H2,1-2H3,(H2,19,20,23)/t13-,14-/m1/s1. The highest BCUT2D eigenvalue weighted by Crippen LogP contribution is 2.20. The molecule has 3 N–H and O–H groups in total. The molecule has 0 unspecified atom stereocenters. The summed E-state index contributed by atoms with van der Waals surface area (Å²) in [6, 6.07) is 7.33. The number of hydrogen-bond acceptors (Lipinski definition) is 6. The number of esters is 1. The highest BCUT2D eigenvalue weighted by molar-refractivity contribution is 6.45. The molecule has 1 aromatic rings. The van der Waals surface area contributed by atoms with E-state index < -0.39 is 19.1 Å². The van der Waals surface area contributed by atoms with Gasteiger partial charge in [0.1, 0.15) is 6.04 Å². The molecular weight excluding hydrogens is 323 g/mol. The topological polar surface area (TPSA) is 115 Å². The Morgan fingerprint density at radius 3 is 2.64 bits per heavy atom. The van der Waals surface area contributed by atoms with E-state index in [9.17, 15) is 14.6 Å². The van der Waals surface area contributed by atoms with Crippen LogP contribution in [0.4, 0.5) is 10.5 Å². The van der Waals surface area contributed by atoms with E-state index in [2.05, 4.69) is 10.6 Å². The van der Waals surface area contributed by atoms with Gasteiger partial charge in [0.05, 0.1) is 18.7 Å². The summed E-state index contributed by atoms with van der Waals surface area (Å²) in [6.45, 7) is 2.07. The molecule has 8 nitrogen and oxygen atoms in total. The molecule has 2 rings (SSSR count). The zero-order valence-electron chi connectivity index (χ0n) is 14.2. The molecule has 0 spiro atoms. The maximum Gasteiger partial charge on any atom is 0.377 e. The predicted molar refractivity (Wildman–Crippen MR) is 92.7 cm³/mol. The number of carbonyl (C=O) groups excluding carboxylic acids is 2. The van der Waals surface area contributed by atoms with Gasteiger partial charge in [-0.05, 0) is 50.5 Å². The summed E-state index contributed by atoms with van der Waals surface area (Å²) in [5.41, 5.74) is 1.08. The highest BCUT2D eigenvalue weighted by atomic mass is 16.5. The summed E-state index contributed by atoms with van der Waals surface area (Å²) >= 11 is 0. The van der Waals surface area contributed by atoms with E-state index in [1.165, 1.54) is 7.11 Å². The number of urea groups is 1. The minimum atomic E-state index is -0.766. The van der Waals surface area contributed by atoms with Gasteiger partial charge in [-0.15, -0.1) is 0 Å². The summed E-state index contributed by atoms with van der Waals surface area (Å²) in [5, 5.41) is 24.1. The predicted octanol–water partition coefficient (Wildman–Crippen LogP) is 0.796. The van der Waals surface area contributed by atoms with E-state index >= 15 is 0 Å². The second-order valence-corrected chi connectivity index (χ2v) is 5.92. The molecule has 1 aliphatic rings. The van der Waals surface area contributed by atoms with Gasteiger partial charge in [0.25, 0.3) is 0 Å². The Morgan fingerprint density at radius 2 is 2.08 bits per heavy atom. The number of amides is 2. The number of nitriles is 1. The van der Waals surface area contributed by atoms with Crippen molar-refractivity contribution >= 4 is 24.7 Å². The lowest BCUT2D eigenvalue weighted by Crippen LogP contribution is -2.57. The van der Waals surface area contributed by atoms with Gasteiger partial charge in [0.2, 0.25) is 0 Å². The molecule has 0 radical (unpaired) electrons. The van der Waals surface area contributed by atoms with Gasteiger partial charge >= 0.3 is 19.1 Å². The van der Waals surface area contributed by atoms with Crippen molar-refractivity contribution in [1.82, 2.24) is 10.1 Å². The molecule has 2 amide bonds.